The van der Waals surface area contributed by atoms with Crippen molar-refractivity contribution >= 4 is 0 Å². The maximum atomic E-state index is 12.3. The van der Waals surface area contributed by atoms with Gasteiger partial charge in [-0.25, -0.2) is 9.36 Å². The molecule has 0 N–H and O–H groups in total. The Balaban J connectivity index is 1.24. The molecule has 0 aliphatic carbocycles. The van der Waals surface area contributed by atoms with Gasteiger partial charge in [0.25, 0.3) is 5.56 Å². The van der Waals surface area contributed by atoms with E-state index >= 15 is 0 Å². The van der Waals surface area contributed by atoms with E-state index in [9.17, 15) is 4.79 Å². The molecular formula is C20H25N7O. The van der Waals surface area contributed by atoms with Gasteiger partial charge in [-0.1, -0.05) is 0 Å². The molecule has 5 heterocycles. The summed E-state index contributed by atoms with van der Waals surface area (Å²) in [5.41, 5.74) is 4.66. The molecule has 0 atom stereocenters. The van der Waals surface area contributed by atoms with E-state index in [1.807, 2.05) is 26.1 Å². The summed E-state index contributed by atoms with van der Waals surface area (Å²) in [6.45, 7) is 8.59. The van der Waals surface area contributed by atoms with E-state index in [0.717, 1.165) is 44.0 Å². The monoisotopic (exact) mass is 379 g/mol. The minimum absolute atomic E-state index is 0.0572. The Morgan fingerprint density at radius 2 is 2.04 bits per heavy atom. The molecule has 8 heteroatoms. The van der Waals surface area contributed by atoms with Crippen LogP contribution in [0.4, 0.5) is 0 Å². The highest BCUT2D eigenvalue weighted by Gasteiger charge is 2.29. The lowest BCUT2D eigenvalue weighted by Gasteiger charge is -2.39. The van der Waals surface area contributed by atoms with E-state index < -0.39 is 0 Å². The van der Waals surface area contributed by atoms with Gasteiger partial charge in [-0.3, -0.25) is 14.4 Å². The Labute approximate surface area is 163 Å². The molecule has 0 unspecified atom stereocenters. The molecule has 0 spiro atoms. The van der Waals surface area contributed by atoms with Crippen LogP contribution < -0.4 is 5.56 Å². The molecule has 0 saturated carbocycles. The molecule has 0 aromatic carbocycles. The topological polar surface area (TPSA) is 73.8 Å². The molecule has 1 saturated heterocycles. The van der Waals surface area contributed by atoms with E-state index in [4.69, 9.17) is 0 Å². The molecule has 5 rings (SSSR count). The molecule has 3 aromatic rings. The lowest BCUT2D eigenvalue weighted by atomic mass is 9.99. The van der Waals surface area contributed by atoms with Crippen molar-refractivity contribution in [1.29, 1.82) is 0 Å². The summed E-state index contributed by atoms with van der Waals surface area (Å²) in [5.74, 6) is 1.14. The predicted molar refractivity (Wildman–Crippen MR) is 104 cm³/mol. The first-order valence-corrected chi connectivity index (χ1v) is 9.94. The van der Waals surface area contributed by atoms with Gasteiger partial charge in [-0.05, 0) is 38.8 Å². The number of likely N-dealkylation sites (tertiary alicyclic amines) is 1. The average Bonchev–Trinajstić information content (AvgIpc) is 3.32. The van der Waals surface area contributed by atoms with E-state index in [1.165, 1.54) is 17.7 Å². The number of hydrogen-bond donors (Lipinski definition) is 0. The van der Waals surface area contributed by atoms with Crippen molar-refractivity contribution in [3.05, 3.63) is 57.4 Å². The van der Waals surface area contributed by atoms with Crippen molar-refractivity contribution < 1.29 is 0 Å². The summed E-state index contributed by atoms with van der Waals surface area (Å²) < 4.78 is 5.52. The summed E-state index contributed by atoms with van der Waals surface area (Å²) in [5, 5.41) is 13.5. The first kappa shape index (κ1) is 17.4. The standard InChI is InChI=1S/C20H25N7O/c1-14-8-15(2)27(22-14)19-5-6-20(28)26(23-19)12-16-10-24(11-16)13-17-9-21-25-7-3-4-18(17)25/h5-6,8-9,16H,3-4,7,10-13H2,1-2H3. The van der Waals surface area contributed by atoms with Crippen LogP contribution >= 0.6 is 0 Å². The fraction of sp³-hybridized carbons (Fsp3) is 0.500. The molecule has 0 radical (unpaired) electrons. The van der Waals surface area contributed by atoms with Crippen LogP contribution in [-0.4, -0.2) is 47.3 Å². The summed E-state index contributed by atoms with van der Waals surface area (Å²) in [7, 11) is 0. The fourth-order valence-electron chi connectivity index (χ4n) is 4.41. The highest BCUT2D eigenvalue weighted by molar-refractivity contribution is 5.24. The quantitative estimate of drug-likeness (QED) is 0.668. The Hall–Kier alpha value is -2.74. The molecule has 0 amide bonds. The summed E-state index contributed by atoms with van der Waals surface area (Å²) in [4.78, 5) is 14.7. The fourth-order valence-corrected chi connectivity index (χ4v) is 4.41. The van der Waals surface area contributed by atoms with Crippen molar-refractivity contribution in [2.75, 3.05) is 13.1 Å². The third-order valence-electron chi connectivity index (χ3n) is 5.76. The van der Waals surface area contributed by atoms with Crippen molar-refractivity contribution in [1.82, 2.24) is 34.2 Å². The Morgan fingerprint density at radius 3 is 2.82 bits per heavy atom. The smallest absolute Gasteiger partial charge is 0.266 e. The Morgan fingerprint density at radius 1 is 1.18 bits per heavy atom. The third-order valence-corrected chi connectivity index (χ3v) is 5.76. The first-order valence-electron chi connectivity index (χ1n) is 9.94. The SMILES string of the molecule is Cc1cc(C)n(-c2ccc(=O)n(CC3CN(Cc4cnn5c4CCC5)C3)n2)n1. The summed E-state index contributed by atoms with van der Waals surface area (Å²) in [6, 6.07) is 5.34. The molecule has 8 nitrogen and oxygen atoms in total. The zero-order chi connectivity index (χ0) is 19.3. The number of fused-ring (bicyclic) bond motifs is 1. The number of aryl methyl sites for hydroxylation is 3. The van der Waals surface area contributed by atoms with E-state index in [-0.39, 0.29) is 5.56 Å². The van der Waals surface area contributed by atoms with Crippen LogP contribution in [0.2, 0.25) is 0 Å². The van der Waals surface area contributed by atoms with Gasteiger partial charge in [0.15, 0.2) is 5.82 Å². The number of nitrogens with zero attached hydrogens (tertiary/aromatic N) is 7. The third kappa shape index (κ3) is 3.07. The molecule has 2 aliphatic heterocycles. The Kier molecular flexibility index (Phi) is 4.16. The van der Waals surface area contributed by atoms with Crippen LogP contribution in [0.1, 0.15) is 29.1 Å². The van der Waals surface area contributed by atoms with Crippen LogP contribution in [0.3, 0.4) is 0 Å². The van der Waals surface area contributed by atoms with Crippen LogP contribution in [0.25, 0.3) is 5.82 Å². The van der Waals surface area contributed by atoms with E-state index in [0.29, 0.717) is 18.3 Å². The lowest BCUT2D eigenvalue weighted by molar-refractivity contribution is 0.0764. The van der Waals surface area contributed by atoms with Gasteiger partial charge in [-0.2, -0.15) is 10.2 Å². The lowest BCUT2D eigenvalue weighted by Crippen LogP contribution is -2.49. The van der Waals surface area contributed by atoms with Gasteiger partial charge >= 0.3 is 0 Å². The average molecular weight is 379 g/mol. The number of aromatic nitrogens is 6. The van der Waals surface area contributed by atoms with Gasteiger partial charge in [0.05, 0.1) is 18.4 Å². The number of hydrogen-bond acceptors (Lipinski definition) is 5. The van der Waals surface area contributed by atoms with Gasteiger partial charge in [0, 0.05) is 55.1 Å². The van der Waals surface area contributed by atoms with Crippen LogP contribution in [-0.2, 0) is 26.1 Å². The highest BCUT2D eigenvalue weighted by Crippen LogP contribution is 2.24. The molecule has 0 bridgehead atoms. The maximum Gasteiger partial charge on any atom is 0.266 e. The highest BCUT2D eigenvalue weighted by atomic mass is 16.1. The zero-order valence-corrected chi connectivity index (χ0v) is 16.4. The van der Waals surface area contributed by atoms with Gasteiger partial charge in [-0.15, -0.1) is 5.10 Å². The second-order valence-electron chi connectivity index (χ2n) is 8.05. The van der Waals surface area contributed by atoms with Crippen molar-refractivity contribution in [3.8, 4) is 5.82 Å². The molecular weight excluding hydrogens is 354 g/mol. The van der Waals surface area contributed by atoms with Crippen LogP contribution in [0.15, 0.2) is 29.2 Å². The summed E-state index contributed by atoms with van der Waals surface area (Å²) >= 11 is 0. The largest absolute Gasteiger partial charge is 0.298 e. The van der Waals surface area contributed by atoms with Gasteiger partial charge < -0.3 is 0 Å². The zero-order valence-electron chi connectivity index (χ0n) is 16.4. The maximum absolute atomic E-state index is 12.3. The van der Waals surface area contributed by atoms with Crippen molar-refractivity contribution in [2.45, 2.75) is 46.3 Å². The number of rotatable bonds is 5. The van der Waals surface area contributed by atoms with Crippen LogP contribution in [0.5, 0.6) is 0 Å². The molecule has 146 valence electrons. The first-order chi connectivity index (χ1) is 13.6. The summed E-state index contributed by atoms with van der Waals surface area (Å²) in [6.07, 6.45) is 4.37. The van der Waals surface area contributed by atoms with Crippen molar-refractivity contribution in [3.63, 3.8) is 0 Å². The van der Waals surface area contributed by atoms with Gasteiger partial charge in [0.2, 0.25) is 0 Å². The second kappa shape index (κ2) is 6.70. The van der Waals surface area contributed by atoms with Crippen molar-refractivity contribution in [2.24, 2.45) is 5.92 Å². The van der Waals surface area contributed by atoms with Gasteiger partial charge in [0.1, 0.15) is 0 Å². The second-order valence-corrected chi connectivity index (χ2v) is 8.05. The Bertz CT molecular complexity index is 1070. The molecule has 3 aromatic heterocycles. The minimum atomic E-state index is -0.0572. The molecule has 28 heavy (non-hydrogen) atoms. The van der Waals surface area contributed by atoms with E-state index in [2.05, 4.69) is 24.9 Å². The van der Waals surface area contributed by atoms with Crippen LogP contribution in [0, 0.1) is 19.8 Å². The predicted octanol–water partition coefficient (Wildman–Crippen LogP) is 1.32. The molecule has 2 aliphatic rings. The minimum Gasteiger partial charge on any atom is -0.298 e. The molecule has 1 fully saturated rings. The van der Waals surface area contributed by atoms with E-state index in [1.54, 1.807) is 21.5 Å². The normalized spacial score (nSPS) is 17.1.